The van der Waals surface area contributed by atoms with E-state index in [1.807, 2.05) is 5.32 Å². The number of carbonyl (C=O) groups is 3. The fraction of sp³-hybridized carbons (Fsp3) is 0.448. The van der Waals surface area contributed by atoms with E-state index in [0.29, 0.717) is 35.3 Å². The van der Waals surface area contributed by atoms with Gasteiger partial charge in [0.25, 0.3) is 5.91 Å². The molecule has 1 unspecified atom stereocenters. The average molecular weight is 580 g/mol. The highest BCUT2D eigenvalue weighted by atomic mass is 16.5. The van der Waals surface area contributed by atoms with Gasteiger partial charge in [-0.1, -0.05) is 6.07 Å². The van der Waals surface area contributed by atoms with Gasteiger partial charge in [0.2, 0.25) is 17.7 Å². The van der Waals surface area contributed by atoms with Crippen LogP contribution in [0.25, 0.3) is 11.5 Å². The van der Waals surface area contributed by atoms with Gasteiger partial charge in [-0.15, -0.1) is 10.2 Å². The molecule has 13 nitrogen and oxygen atoms in total. The predicted octanol–water partition coefficient (Wildman–Crippen LogP) is 2.73. The second-order valence-electron chi connectivity index (χ2n) is 10.4. The van der Waals surface area contributed by atoms with Gasteiger partial charge in [-0.25, -0.2) is 4.98 Å². The summed E-state index contributed by atoms with van der Waals surface area (Å²) in [4.78, 5) is 44.3. The summed E-state index contributed by atoms with van der Waals surface area (Å²) < 4.78 is 33.8. The van der Waals surface area contributed by atoms with Crippen molar-refractivity contribution in [2.45, 2.75) is 44.6 Å². The van der Waals surface area contributed by atoms with Crippen molar-refractivity contribution in [2.75, 3.05) is 44.9 Å². The molecule has 1 aromatic carbocycles. The van der Waals surface area contributed by atoms with Crippen LogP contribution < -0.4 is 26.0 Å². The quantitative estimate of drug-likeness (QED) is 0.251. The Morgan fingerprint density at radius 1 is 1.19 bits per heavy atom. The Balaban J connectivity index is 1.33. The molecule has 2 aromatic heterocycles. The Morgan fingerprint density at radius 3 is 2.79 bits per heavy atom. The number of aromatic nitrogens is 3. The first-order valence-electron chi connectivity index (χ1n) is 15.4. The van der Waals surface area contributed by atoms with Crippen LogP contribution in [0.15, 0.2) is 34.9 Å². The Kier molecular flexibility index (Phi) is 7.79. The van der Waals surface area contributed by atoms with E-state index >= 15 is 0 Å². The topological polar surface area (TPSA) is 164 Å². The number of hydrogen-bond donors (Lipinski definition) is 4. The smallest absolute Gasteiger partial charge is 0.273 e. The molecule has 1 saturated carbocycles. The summed E-state index contributed by atoms with van der Waals surface area (Å²) in [6.45, 7) is -1.10. The van der Waals surface area contributed by atoms with Gasteiger partial charge in [0.15, 0.2) is 17.3 Å². The molecule has 1 atom stereocenters. The monoisotopic (exact) mass is 579 g/mol. The predicted molar refractivity (Wildman–Crippen MR) is 156 cm³/mol. The van der Waals surface area contributed by atoms with Gasteiger partial charge < -0.3 is 35.3 Å². The second kappa shape index (κ2) is 13.0. The zero-order chi connectivity index (χ0) is 32.1. The van der Waals surface area contributed by atoms with E-state index in [-0.39, 0.29) is 47.2 Å². The number of amides is 3. The number of ether oxygens (including phenoxy) is 1. The van der Waals surface area contributed by atoms with Gasteiger partial charge in [-0.3, -0.25) is 14.4 Å². The normalized spacial score (nSPS) is 18.0. The molecule has 42 heavy (non-hydrogen) atoms. The van der Waals surface area contributed by atoms with Crippen molar-refractivity contribution in [3.8, 4) is 17.2 Å². The number of hydrogen-bond acceptors (Lipinski definition) is 10. The summed E-state index contributed by atoms with van der Waals surface area (Å²) in [6, 6.07) is 6.95. The van der Waals surface area contributed by atoms with Crippen molar-refractivity contribution < 1.29 is 27.6 Å². The van der Waals surface area contributed by atoms with Gasteiger partial charge in [0, 0.05) is 35.7 Å². The van der Waals surface area contributed by atoms with Crippen molar-refractivity contribution in [1.82, 2.24) is 30.7 Å². The Bertz CT molecular complexity index is 1560. The van der Waals surface area contributed by atoms with Crippen molar-refractivity contribution in [2.24, 2.45) is 5.92 Å². The van der Waals surface area contributed by atoms with Crippen LogP contribution in [0.5, 0.6) is 5.75 Å². The first-order valence-corrected chi connectivity index (χ1v) is 13.9. The maximum atomic E-state index is 12.8. The number of likely N-dealkylation sites (tertiary alicyclic amines) is 1. The largest absolute Gasteiger partial charge is 0.494 e. The van der Waals surface area contributed by atoms with Crippen LogP contribution in [0, 0.1) is 5.92 Å². The molecule has 3 amide bonds. The fourth-order valence-corrected chi connectivity index (χ4v) is 4.97. The van der Waals surface area contributed by atoms with Crippen LogP contribution in [-0.2, 0) is 16.0 Å². The summed E-state index contributed by atoms with van der Waals surface area (Å²) in [5.41, 5.74) is 0.574. The number of methoxy groups -OCH3 is 1. The molecule has 222 valence electrons. The molecule has 3 aromatic rings. The van der Waals surface area contributed by atoms with Crippen LogP contribution >= 0.6 is 0 Å². The van der Waals surface area contributed by atoms with Crippen molar-refractivity contribution in [1.29, 1.82) is 0 Å². The summed E-state index contributed by atoms with van der Waals surface area (Å²) in [7, 11) is 3.54. The molecule has 5 rings (SSSR count). The minimum Gasteiger partial charge on any atom is -0.494 e. The molecular weight excluding hydrogens is 540 g/mol. The van der Waals surface area contributed by atoms with E-state index in [2.05, 4.69) is 43.1 Å². The third kappa shape index (κ3) is 6.85. The number of benzene rings is 1. The number of para-hydroxylation sites is 1. The minimum absolute atomic E-state index is 0.0216. The highest BCUT2D eigenvalue weighted by Crippen LogP contribution is 2.38. The van der Waals surface area contributed by atoms with Crippen LogP contribution in [0.2, 0.25) is 0 Å². The molecule has 0 spiro atoms. The number of carbonyl (C=O) groups excluding carboxylic acids is 3. The highest BCUT2D eigenvalue weighted by molar-refractivity contribution is 6.00. The van der Waals surface area contributed by atoms with E-state index < -0.39 is 12.9 Å². The summed E-state index contributed by atoms with van der Waals surface area (Å²) in [5, 5.41) is 18.4. The Labute approximate surface area is 248 Å². The maximum Gasteiger partial charge on any atom is 0.273 e. The van der Waals surface area contributed by atoms with E-state index in [0.717, 1.165) is 32.2 Å². The lowest BCUT2D eigenvalue weighted by Crippen LogP contribution is -2.32. The number of oxazole rings is 1. The van der Waals surface area contributed by atoms with E-state index in [1.165, 1.54) is 25.8 Å². The molecule has 0 bridgehead atoms. The van der Waals surface area contributed by atoms with Crippen molar-refractivity contribution in [3.63, 3.8) is 0 Å². The van der Waals surface area contributed by atoms with Gasteiger partial charge >= 0.3 is 0 Å². The molecule has 13 heteroatoms. The molecule has 3 heterocycles. The summed E-state index contributed by atoms with van der Waals surface area (Å²) in [6.07, 6.45) is 6.27. The standard InChI is InChI=1S/C29H36N8O5/c1-30-28(40)25-22(15-23(35-36-25)34-27(39)17-9-10-17)33-21-8-4-7-20(26(21)41-3)29-32-16-19(42-29)14-24(38)31-12-11-18-6-5-13-37(18)2/h4,7-8,15-18H,5-6,9-14H2,1-3H3,(H,30,40)(H,31,38)(H2,33,34,35,39)/i1D3. The van der Waals surface area contributed by atoms with E-state index in [9.17, 15) is 14.4 Å². The number of nitrogens with zero attached hydrogens (tertiary/aromatic N) is 4. The Hall–Kier alpha value is -4.52. The lowest BCUT2D eigenvalue weighted by atomic mass is 10.1. The van der Waals surface area contributed by atoms with Crippen LogP contribution in [0.3, 0.4) is 0 Å². The third-order valence-corrected chi connectivity index (χ3v) is 7.40. The SMILES string of the molecule is [2H]C([2H])([2H])NC(=O)c1nnc(NC(=O)C2CC2)cc1Nc1cccc(-c2ncc(CC(=O)NCCC3CCCN3C)o2)c1OC. The number of nitrogens with one attached hydrogen (secondary N) is 4. The molecule has 2 fully saturated rings. The van der Waals surface area contributed by atoms with Crippen LogP contribution in [-0.4, -0.2) is 78.1 Å². The molecule has 1 saturated heterocycles. The molecule has 2 aliphatic rings. The van der Waals surface area contributed by atoms with Gasteiger partial charge in [-0.2, -0.15) is 0 Å². The van der Waals surface area contributed by atoms with E-state index in [4.69, 9.17) is 13.3 Å². The zero-order valence-corrected chi connectivity index (χ0v) is 23.5. The average Bonchev–Trinajstić information content (AvgIpc) is 3.61. The first-order chi connectivity index (χ1) is 21.5. The fourth-order valence-electron chi connectivity index (χ4n) is 4.97. The lowest BCUT2D eigenvalue weighted by molar-refractivity contribution is -0.120. The molecule has 1 aliphatic carbocycles. The van der Waals surface area contributed by atoms with Gasteiger partial charge in [-0.05, 0) is 57.8 Å². The van der Waals surface area contributed by atoms with Crippen molar-refractivity contribution >= 4 is 34.9 Å². The number of anilines is 3. The molecule has 4 N–H and O–H groups in total. The maximum absolute atomic E-state index is 12.8. The van der Waals surface area contributed by atoms with Crippen molar-refractivity contribution in [3.05, 3.63) is 41.9 Å². The van der Waals surface area contributed by atoms with Crippen LogP contribution in [0.4, 0.5) is 17.2 Å². The lowest BCUT2D eigenvalue weighted by Gasteiger charge is -2.19. The van der Waals surface area contributed by atoms with Gasteiger partial charge in [0.1, 0.15) is 5.76 Å². The van der Waals surface area contributed by atoms with Gasteiger partial charge in [0.05, 0.1) is 36.7 Å². The number of rotatable bonds is 12. The molecular formula is C29H36N8O5. The minimum atomic E-state index is -2.77. The van der Waals surface area contributed by atoms with Crippen LogP contribution in [0.1, 0.15) is 52.5 Å². The summed E-state index contributed by atoms with van der Waals surface area (Å²) >= 11 is 0. The summed E-state index contributed by atoms with van der Waals surface area (Å²) in [5.74, 6) is -0.530. The Morgan fingerprint density at radius 2 is 2.05 bits per heavy atom. The molecule has 0 radical (unpaired) electrons. The second-order valence-corrected chi connectivity index (χ2v) is 10.4. The van der Waals surface area contributed by atoms with E-state index in [1.54, 1.807) is 18.2 Å². The zero-order valence-electron chi connectivity index (χ0n) is 26.5. The highest BCUT2D eigenvalue weighted by Gasteiger charge is 2.30. The molecule has 1 aliphatic heterocycles. The first kappa shape index (κ1) is 25.2. The third-order valence-electron chi connectivity index (χ3n) is 7.40.